The van der Waals surface area contributed by atoms with Crippen LogP contribution in [0.1, 0.15) is 42.8 Å². The number of hydrogen-bond acceptors (Lipinski definition) is 6. The summed E-state index contributed by atoms with van der Waals surface area (Å²) in [6.07, 6.45) is 2.63. The zero-order valence-electron chi connectivity index (χ0n) is 16.7. The second-order valence-corrected chi connectivity index (χ2v) is 7.62. The van der Waals surface area contributed by atoms with Crippen LogP contribution in [0.5, 0.6) is 0 Å². The predicted molar refractivity (Wildman–Crippen MR) is 103 cm³/mol. The molecule has 2 fully saturated rings. The maximum Gasteiger partial charge on any atom is 0.410 e. The first-order valence-corrected chi connectivity index (χ1v) is 9.88. The van der Waals surface area contributed by atoms with Crippen LogP contribution < -0.4 is 16.2 Å². The largest absolute Gasteiger partial charge is 0.448 e. The molecule has 1 aliphatic carbocycles. The lowest BCUT2D eigenvalue weighted by Crippen LogP contribution is -2.48. The minimum absolute atomic E-state index is 0.0190. The fourth-order valence-corrected chi connectivity index (χ4v) is 3.87. The molecule has 158 valence electrons. The number of ether oxygens (including phenoxy) is 1. The van der Waals surface area contributed by atoms with Crippen LogP contribution in [0, 0.1) is 13.8 Å². The van der Waals surface area contributed by atoms with Gasteiger partial charge in [0.15, 0.2) is 0 Å². The lowest BCUT2D eigenvalue weighted by atomic mass is 9.90. The van der Waals surface area contributed by atoms with Gasteiger partial charge in [0.1, 0.15) is 19.0 Å². The highest BCUT2D eigenvalue weighted by atomic mass is 16.6. The molecular formula is C19H27N5O5. The van der Waals surface area contributed by atoms with Gasteiger partial charge >= 0.3 is 6.09 Å². The molecule has 1 aromatic heterocycles. The molecule has 3 amide bonds. The van der Waals surface area contributed by atoms with Gasteiger partial charge in [0.25, 0.3) is 5.56 Å². The van der Waals surface area contributed by atoms with Crippen molar-refractivity contribution in [3.8, 4) is 0 Å². The summed E-state index contributed by atoms with van der Waals surface area (Å²) in [5, 5.41) is 5.90. The van der Waals surface area contributed by atoms with Crippen molar-refractivity contribution < 1.29 is 19.1 Å². The van der Waals surface area contributed by atoms with Crippen molar-refractivity contribution in [1.82, 2.24) is 25.5 Å². The summed E-state index contributed by atoms with van der Waals surface area (Å²) in [5.74, 6) is 0.0551. The Kier molecular flexibility index (Phi) is 6.50. The second kappa shape index (κ2) is 9.06. The summed E-state index contributed by atoms with van der Waals surface area (Å²) in [6, 6.07) is -0.137. The van der Waals surface area contributed by atoms with E-state index in [2.05, 4.69) is 20.6 Å². The van der Waals surface area contributed by atoms with Crippen molar-refractivity contribution in [2.75, 3.05) is 19.7 Å². The van der Waals surface area contributed by atoms with E-state index in [0.29, 0.717) is 36.7 Å². The van der Waals surface area contributed by atoms with Crippen molar-refractivity contribution in [1.29, 1.82) is 0 Å². The number of hydrogen-bond donors (Lipinski definition) is 3. The van der Waals surface area contributed by atoms with E-state index in [1.165, 1.54) is 4.90 Å². The van der Waals surface area contributed by atoms with Crippen molar-refractivity contribution >= 4 is 17.9 Å². The number of amides is 3. The molecule has 3 N–H and O–H groups in total. The first kappa shape index (κ1) is 20.8. The van der Waals surface area contributed by atoms with E-state index in [4.69, 9.17) is 4.74 Å². The number of aromatic nitrogens is 2. The van der Waals surface area contributed by atoms with Crippen LogP contribution in [-0.2, 0) is 20.7 Å². The molecule has 10 heteroatoms. The molecule has 3 rings (SSSR count). The summed E-state index contributed by atoms with van der Waals surface area (Å²) < 4.78 is 4.82. The highest BCUT2D eigenvalue weighted by Crippen LogP contribution is 2.19. The van der Waals surface area contributed by atoms with E-state index in [-0.39, 0.29) is 42.4 Å². The number of carbonyl (C=O) groups excluding carboxylic acids is 3. The van der Waals surface area contributed by atoms with Crippen molar-refractivity contribution in [3.05, 3.63) is 27.4 Å². The van der Waals surface area contributed by atoms with Crippen LogP contribution >= 0.6 is 0 Å². The molecule has 0 spiro atoms. The third-order valence-electron chi connectivity index (χ3n) is 5.26. The minimum atomic E-state index is -0.468. The second-order valence-electron chi connectivity index (χ2n) is 7.62. The van der Waals surface area contributed by atoms with Crippen LogP contribution in [0.2, 0.25) is 0 Å². The molecule has 1 aliphatic heterocycles. The lowest BCUT2D eigenvalue weighted by Gasteiger charge is -2.30. The summed E-state index contributed by atoms with van der Waals surface area (Å²) in [4.78, 5) is 56.3. The van der Waals surface area contributed by atoms with Crippen LogP contribution in [-0.4, -0.2) is 64.6 Å². The fourth-order valence-electron chi connectivity index (χ4n) is 3.87. The van der Waals surface area contributed by atoms with Crippen LogP contribution in [0.15, 0.2) is 4.79 Å². The predicted octanol–water partition coefficient (Wildman–Crippen LogP) is -0.0750. The smallest absolute Gasteiger partial charge is 0.410 e. The quantitative estimate of drug-likeness (QED) is 0.606. The van der Waals surface area contributed by atoms with Crippen molar-refractivity contribution in [3.63, 3.8) is 0 Å². The number of cyclic esters (lactones) is 1. The SMILES string of the molecule is Cc1nc(C)c(CC(=O)N[C@@H]2CCC[C@@H](NC(=O)CN3CCOC3=O)C2)c(=O)[nH]1. The number of carbonyl (C=O) groups is 3. The Morgan fingerprint density at radius 2 is 1.86 bits per heavy atom. The highest BCUT2D eigenvalue weighted by Gasteiger charge is 2.28. The van der Waals surface area contributed by atoms with E-state index in [9.17, 15) is 19.2 Å². The number of nitrogens with one attached hydrogen (secondary N) is 3. The van der Waals surface area contributed by atoms with Crippen molar-refractivity contribution in [2.24, 2.45) is 0 Å². The molecule has 1 aromatic rings. The number of aryl methyl sites for hydroxylation is 2. The van der Waals surface area contributed by atoms with E-state index >= 15 is 0 Å². The van der Waals surface area contributed by atoms with E-state index in [0.717, 1.165) is 19.3 Å². The van der Waals surface area contributed by atoms with Gasteiger partial charge in [-0.15, -0.1) is 0 Å². The Morgan fingerprint density at radius 3 is 2.48 bits per heavy atom. The molecule has 0 bridgehead atoms. The summed E-state index contributed by atoms with van der Waals surface area (Å²) in [7, 11) is 0. The van der Waals surface area contributed by atoms with E-state index < -0.39 is 6.09 Å². The average Bonchev–Trinajstić information content (AvgIpc) is 3.03. The standard InChI is InChI=1S/C19H27N5O5/c1-11-15(18(27)21-12(2)20-11)9-16(25)22-13-4-3-5-14(8-13)23-17(26)10-24-6-7-29-19(24)28/h13-14H,3-10H2,1-2H3,(H,22,25)(H,23,26)(H,20,21,27)/t13-,14-/m1/s1. The van der Waals surface area contributed by atoms with Gasteiger partial charge in [0, 0.05) is 23.3 Å². The number of aromatic amines is 1. The highest BCUT2D eigenvalue weighted by molar-refractivity contribution is 5.83. The molecule has 0 aromatic carbocycles. The molecular weight excluding hydrogens is 378 g/mol. The van der Waals surface area contributed by atoms with Crippen LogP contribution in [0.25, 0.3) is 0 Å². The number of H-pyrrole nitrogens is 1. The first-order valence-electron chi connectivity index (χ1n) is 9.88. The monoisotopic (exact) mass is 405 g/mol. The Balaban J connectivity index is 1.49. The van der Waals surface area contributed by atoms with Crippen molar-refractivity contribution in [2.45, 2.75) is 58.0 Å². The van der Waals surface area contributed by atoms with Gasteiger partial charge in [-0.1, -0.05) is 0 Å². The Bertz CT molecular complexity index is 852. The lowest BCUT2D eigenvalue weighted by molar-refractivity contribution is -0.122. The van der Waals surface area contributed by atoms with E-state index in [1.807, 2.05) is 0 Å². The third kappa shape index (κ3) is 5.55. The average molecular weight is 405 g/mol. The normalized spacial score (nSPS) is 21.6. The molecule has 2 aliphatic rings. The van der Waals surface area contributed by atoms with Crippen LogP contribution in [0.3, 0.4) is 0 Å². The number of rotatable bonds is 6. The molecule has 1 saturated heterocycles. The van der Waals surface area contributed by atoms with Gasteiger partial charge < -0.3 is 20.4 Å². The maximum absolute atomic E-state index is 12.4. The zero-order valence-corrected chi connectivity index (χ0v) is 16.7. The molecule has 1 saturated carbocycles. The summed E-state index contributed by atoms with van der Waals surface area (Å²) in [5.41, 5.74) is 0.626. The Morgan fingerprint density at radius 1 is 1.17 bits per heavy atom. The topological polar surface area (TPSA) is 133 Å². The van der Waals surface area contributed by atoms with Gasteiger partial charge in [-0.05, 0) is 39.5 Å². The van der Waals surface area contributed by atoms with Gasteiger partial charge in [-0.25, -0.2) is 9.78 Å². The first-order chi connectivity index (χ1) is 13.8. The zero-order chi connectivity index (χ0) is 21.0. The maximum atomic E-state index is 12.4. The third-order valence-corrected chi connectivity index (χ3v) is 5.26. The molecule has 2 atom stereocenters. The summed E-state index contributed by atoms with van der Waals surface area (Å²) >= 11 is 0. The van der Waals surface area contributed by atoms with Gasteiger partial charge in [0.2, 0.25) is 11.8 Å². The minimum Gasteiger partial charge on any atom is -0.448 e. The fraction of sp³-hybridized carbons (Fsp3) is 0.632. The number of nitrogens with zero attached hydrogens (tertiary/aromatic N) is 2. The molecule has 0 unspecified atom stereocenters. The molecule has 10 nitrogen and oxygen atoms in total. The summed E-state index contributed by atoms with van der Waals surface area (Å²) in [6.45, 7) is 4.12. The van der Waals surface area contributed by atoms with Gasteiger partial charge in [-0.2, -0.15) is 0 Å². The molecule has 2 heterocycles. The van der Waals surface area contributed by atoms with E-state index in [1.54, 1.807) is 13.8 Å². The Hall–Kier alpha value is -2.91. The molecule has 0 radical (unpaired) electrons. The Labute approximate surface area is 168 Å². The molecule has 29 heavy (non-hydrogen) atoms. The van der Waals surface area contributed by atoms with Crippen LogP contribution in [0.4, 0.5) is 4.79 Å². The van der Waals surface area contributed by atoms with Gasteiger partial charge in [-0.3, -0.25) is 19.3 Å². The van der Waals surface area contributed by atoms with Gasteiger partial charge in [0.05, 0.1) is 13.0 Å².